The topological polar surface area (TPSA) is 39.6 Å². The summed E-state index contributed by atoms with van der Waals surface area (Å²) < 4.78 is 0.529. The summed E-state index contributed by atoms with van der Waals surface area (Å²) in [7, 11) is 0. The van der Waals surface area contributed by atoms with Crippen LogP contribution in [0.1, 0.15) is 11.3 Å². The fraction of sp³-hybridized carbons (Fsp3) is 0.250. The SMILES string of the molecule is CSc1cc(C)[nH]c(=S)c1C#N. The molecule has 1 N–H and O–H groups in total. The summed E-state index contributed by atoms with van der Waals surface area (Å²) in [4.78, 5) is 3.89. The van der Waals surface area contributed by atoms with Crippen molar-refractivity contribution >= 4 is 24.0 Å². The molecule has 62 valence electrons. The molecular formula is C8H8N2S2. The average molecular weight is 196 g/mol. The van der Waals surface area contributed by atoms with E-state index in [-0.39, 0.29) is 0 Å². The zero-order valence-electron chi connectivity index (χ0n) is 6.84. The van der Waals surface area contributed by atoms with E-state index in [4.69, 9.17) is 17.5 Å². The summed E-state index contributed by atoms with van der Waals surface area (Å²) in [6.45, 7) is 1.93. The van der Waals surface area contributed by atoms with E-state index < -0.39 is 0 Å². The molecule has 0 saturated heterocycles. The fourth-order valence-corrected chi connectivity index (χ4v) is 1.95. The number of rotatable bonds is 1. The monoisotopic (exact) mass is 196 g/mol. The Labute approximate surface area is 80.6 Å². The largest absolute Gasteiger partial charge is 0.349 e. The molecule has 0 bridgehead atoms. The predicted molar refractivity (Wildman–Crippen MR) is 52.9 cm³/mol. The molecule has 0 amide bonds. The minimum atomic E-state index is 0.529. The van der Waals surface area contributed by atoms with Gasteiger partial charge < -0.3 is 4.98 Å². The van der Waals surface area contributed by atoms with Crippen molar-refractivity contribution in [2.24, 2.45) is 0 Å². The van der Waals surface area contributed by atoms with Gasteiger partial charge in [-0.05, 0) is 19.2 Å². The van der Waals surface area contributed by atoms with Gasteiger partial charge in [-0.25, -0.2) is 0 Å². The number of hydrogen-bond donors (Lipinski definition) is 1. The molecule has 1 aromatic rings. The first-order chi connectivity index (χ1) is 5.69. The molecule has 4 heteroatoms. The van der Waals surface area contributed by atoms with Crippen molar-refractivity contribution in [3.8, 4) is 6.07 Å². The maximum Gasteiger partial charge on any atom is 0.122 e. The maximum absolute atomic E-state index is 8.77. The lowest BCUT2D eigenvalue weighted by Crippen LogP contribution is -1.89. The highest BCUT2D eigenvalue weighted by Crippen LogP contribution is 2.20. The molecule has 0 unspecified atom stereocenters. The maximum atomic E-state index is 8.77. The number of aromatic amines is 1. The minimum absolute atomic E-state index is 0.529. The highest BCUT2D eigenvalue weighted by atomic mass is 32.2. The van der Waals surface area contributed by atoms with Crippen LogP contribution in [0.15, 0.2) is 11.0 Å². The number of nitrogens with zero attached hydrogens (tertiary/aromatic N) is 1. The molecule has 1 rings (SSSR count). The third-order valence-corrected chi connectivity index (χ3v) is 2.53. The summed E-state index contributed by atoms with van der Waals surface area (Å²) >= 11 is 6.54. The zero-order valence-corrected chi connectivity index (χ0v) is 8.47. The van der Waals surface area contributed by atoms with E-state index in [0.29, 0.717) is 10.2 Å². The number of pyridine rings is 1. The van der Waals surface area contributed by atoms with Gasteiger partial charge >= 0.3 is 0 Å². The van der Waals surface area contributed by atoms with Gasteiger partial charge in [0.1, 0.15) is 16.3 Å². The average Bonchev–Trinajstić information content (AvgIpc) is 2.03. The second-order valence-corrected chi connectivity index (χ2v) is 3.59. The number of H-pyrrole nitrogens is 1. The number of nitriles is 1. The van der Waals surface area contributed by atoms with Crippen molar-refractivity contribution in [3.05, 3.63) is 22.0 Å². The molecule has 1 aromatic heterocycles. The van der Waals surface area contributed by atoms with Gasteiger partial charge in [-0.1, -0.05) is 12.2 Å². The highest BCUT2D eigenvalue weighted by molar-refractivity contribution is 7.98. The van der Waals surface area contributed by atoms with E-state index in [2.05, 4.69) is 11.1 Å². The molecule has 0 radical (unpaired) electrons. The molecule has 0 aliphatic heterocycles. The molecule has 0 aliphatic rings. The van der Waals surface area contributed by atoms with Crippen LogP contribution in [0.3, 0.4) is 0 Å². The number of nitrogens with one attached hydrogen (secondary N) is 1. The Kier molecular flexibility index (Phi) is 2.90. The summed E-state index contributed by atoms with van der Waals surface area (Å²) in [6, 6.07) is 4.02. The summed E-state index contributed by atoms with van der Waals surface area (Å²) in [5.41, 5.74) is 1.56. The fourth-order valence-electron chi connectivity index (χ4n) is 0.925. The Hall–Kier alpha value is -0.790. The molecule has 0 atom stereocenters. The molecule has 2 nitrogen and oxygen atoms in total. The molecule has 0 aromatic carbocycles. The van der Waals surface area contributed by atoms with Gasteiger partial charge in [0.15, 0.2) is 0 Å². The van der Waals surface area contributed by atoms with E-state index in [0.717, 1.165) is 10.6 Å². The first-order valence-electron chi connectivity index (χ1n) is 3.37. The van der Waals surface area contributed by atoms with E-state index in [1.165, 1.54) is 11.8 Å². The van der Waals surface area contributed by atoms with Gasteiger partial charge in [-0.2, -0.15) is 5.26 Å². The highest BCUT2D eigenvalue weighted by Gasteiger charge is 2.02. The molecule has 0 fully saturated rings. The number of aryl methyl sites for hydroxylation is 1. The summed E-state index contributed by atoms with van der Waals surface area (Å²) in [5.74, 6) is 0. The van der Waals surface area contributed by atoms with E-state index >= 15 is 0 Å². The standard InChI is InChI=1S/C8H8N2S2/c1-5-3-7(12-2)6(4-9)8(11)10-5/h3H,1-2H3,(H,10,11). The van der Waals surface area contributed by atoms with Gasteiger partial charge in [-0.3, -0.25) is 0 Å². The Morgan fingerprint density at radius 3 is 2.83 bits per heavy atom. The number of hydrogen-bond acceptors (Lipinski definition) is 3. The van der Waals surface area contributed by atoms with Gasteiger partial charge in [0.25, 0.3) is 0 Å². The lowest BCUT2D eigenvalue weighted by molar-refractivity contribution is 1.12. The van der Waals surface area contributed by atoms with Crippen molar-refractivity contribution in [1.82, 2.24) is 4.98 Å². The van der Waals surface area contributed by atoms with Gasteiger partial charge in [-0.15, -0.1) is 11.8 Å². The lowest BCUT2D eigenvalue weighted by Gasteiger charge is -2.01. The van der Waals surface area contributed by atoms with E-state index in [1.807, 2.05) is 19.2 Å². The minimum Gasteiger partial charge on any atom is -0.349 e. The Morgan fingerprint density at radius 1 is 1.67 bits per heavy atom. The van der Waals surface area contributed by atoms with Crippen LogP contribution < -0.4 is 0 Å². The molecule has 0 aliphatic carbocycles. The smallest absolute Gasteiger partial charge is 0.122 e. The number of aromatic nitrogens is 1. The van der Waals surface area contributed by atoms with Gasteiger partial charge in [0.05, 0.1) is 0 Å². The van der Waals surface area contributed by atoms with Crippen molar-refractivity contribution in [2.75, 3.05) is 6.26 Å². The van der Waals surface area contributed by atoms with E-state index in [9.17, 15) is 0 Å². The third-order valence-electron chi connectivity index (χ3n) is 1.46. The van der Waals surface area contributed by atoms with Gasteiger partial charge in [0, 0.05) is 10.6 Å². The van der Waals surface area contributed by atoms with Crippen LogP contribution in [0.5, 0.6) is 0 Å². The Morgan fingerprint density at radius 2 is 2.33 bits per heavy atom. The third kappa shape index (κ3) is 1.68. The Bertz CT molecular complexity index is 387. The summed E-state index contributed by atoms with van der Waals surface area (Å²) in [5, 5.41) is 8.77. The molecule has 0 saturated carbocycles. The predicted octanol–water partition coefficient (Wildman–Crippen LogP) is 2.65. The van der Waals surface area contributed by atoms with E-state index in [1.54, 1.807) is 0 Å². The molecular weight excluding hydrogens is 188 g/mol. The van der Waals surface area contributed by atoms with Gasteiger partial charge in [0.2, 0.25) is 0 Å². The quantitative estimate of drug-likeness (QED) is 0.554. The summed E-state index contributed by atoms with van der Waals surface area (Å²) in [6.07, 6.45) is 1.93. The second-order valence-electron chi connectivity index (χ2n) is 2.34. The lowest BCUT2D eigenvalue weighted by atomic mass is 10.3. The second kappa shape index (κ2) is 3.74. The molecule has 0 spiro atoms. The molecule has 12 heavy (non-hydrogen) atoms. The van der Waals surface area contributed by atoms with Crippen LogP contribution in [0, 0.1) is 22.9 Å². The van der Waals surface area contributed by atoms with Crippen LogP contribution in [-0.2, 0) is 0 Å². The van der Waals surface area contributed by atoms with Crippen LogP contribution in [0.4, 0.5) is 0 Å². The first-order valence-corrected chi connectivity index (χ1v) is 5.00. The van der Waals surface area contributed by atoms with Crippen molar-refractivity contribution in [2.45, 2.75) is 11.8 Å². The van der Waals surface area contributed by atoms with Crippen LogP contribution in [0.25, 0.3) is 0 Å². The zero-order chi connectivity index (χ0) is 9.14. The van der Waals surface area contributed by atoms with Crippen molar-refractivity contribution in [3.63, 3.8) is 0 Å². The Balaban J connectivity index is 3.47. The van der Waals surface area contributed by atoms with Crippen molar-refractivity contribution < 1.29 is 0 Å². The van der Waals surface area contributed by atoms with Crippen LogP contribution >= 0.6 is 24.0 Å². The first kappa shape index (κ1) is 9.30. The van der Waals surface area contributed by atoms with Crippen molar-refractivity contribution in [1.29, 1.82) is 5.26 Å². The van der Waals surface area contributed by atoms with Crippen LogP contribution in [0.2, 0.25) is 0 Å². The normalized spacial score (nSPS) is 9.42. The molecule has 1 heterocycles. The van der Waals surface area contributed by atoms with Crippen LogP contribution in [-0.4, -0.2) is 11.2 Å². The number of thioether (sulfide) groups is 1.